The number of phenolic OH excluding ortho intramolecular Hbond substituents is 2. The average molecular weight is 421 g/mol. The summed E-state index contributed by atoms with van der Waals surface area (Å²) < 4.78 is 0. The number of urea groups is 1. The van der Waals surface area contributed by atoms with Crippen LogP contribution in [0.15, 0.2) is 48.5 Å². The molecule has 11 heteroatoms. The predicted molar refractivity (Wildman–Crippen MR) is 106 cm³/mol. The molecule has 0 fully saturated rings. The average Bonchev–Trinajstić information content (AvgIpc) is 2.70. The number of hydrogen-bond acceptors (Lipinski definition) is 7. The second-order valence-electron chi connectivity index (χ2n) is 5.83. The molecule has 0 saturated carbocycles. The molecule has 162 valence electrons. The van der Waals surface area contributed by atoms with Crippen LogP contribution in [0.2, 0.25) is 0 Å². The Labute approximate surface area is 171 Å². The van der Waals surface area contributed by atoms with Crippen LogP contribution in [-0.2, 0) is 9.59 Å². The summed E-state index contributed by atoms with van der Waals surface area (Å²) in [6.45, 7) is 1.13. The maximum absolute atomic E-state index is 11.6. The first-order chi connectivity index (χ1) is 14.2. The van der Waals surface area contributed by atoms with Crippen LogP contribution in [-0.4, -0.2) is 63.1 Å². The van der Waals surface area contributed by atoms with Crippen LogP contribution >= 0.6 is 0 Å². The Morgan fingerprint density at radius 1 is 0.867 bits per heavy atom. The van der Waals surface area contributed by atoms with Gasteiger partial charge in [-0.25, -0.2) is 14.4 Å². The largest absolute Gasteiger partial charge is 0.504 e. The van der Waals surface area contributed by atoms with Crippen molar-refractivity contribution in [1.82, 2.24) is 10.6 Å². The number of para-hydroxylation sites is 1. The Kier molecular flexibility index (Phi) is 10.2. The van der Waals surface area contributed by atoms with Gasteiger partial charge in [0.25, 0.3) is 0 Å². The number of carbonyl (C=O) groups is 3. The number of rotatable bonds is 7. The maximum Gasteiger partial charge on any atom is 0.414 e. The molecule has 2 amide bonds. The van der Waals surface area contributed by atoms with E-state index in [0.717, 1.165) is 0 Å². The molecular formula is C19H23N3O8. The number of carbonyl (C=O) groups excluding carboxylic acids is 1. The van der Waals surface area contributed by atoms with Gasteiger partial charge in [0.2, 0.25) is 0 Å². The molecule has 2 aromatic rings. The molecule has 0 saturated heterocycles. The van der Waals surface area contributed by atoms with Crippen molar-refractivity contribution in [3.8, 4) is 11.5 Å². The zero-order valence-electron chi connectivity index (χ0n) is 15.8. The first-order valence-corrected chi connectivity index (χ1v) is 8.67. The highest BCUT2D eigenvalue weighted by Crippen LogP contribution is 2.27. The number of amides is 2. The lowest BCUT2D eigenvalue weighted by molar-refractivity contribution is -0.159. The number of carboxylic acid groups (broad SMARTS) is 2. The molecule has 2 rings (SSSR count). The zero-order chi connectivity index (χ0) is 22.5. The van der Waals surface area contributed by atoms with E-state index in [2.05, 4.69) is 16.0 Å². The molecule has 0 bridgehead atoms. The maximum atomic E-state index is 11.6. The summed E-state index contributed by atoms with van der Waals surface area (Å²) in [5.41, 5.74) is 1.21. The third kappa shape index (κ3) is 9.39. The van der Waals surface area contributed by atoms with Crippen LogP contribution in [0.5, 0.6) is 11.5 Å². The molecule has 8 N–H and O–H groups in total. The Balaban J connectivity index is 0.000000656. The lowest BCUT2D eigenvalue weighted by Crippen LogP contribution is -2.35. The van der Waals surface area contributed by atoms with Crippen molar-refractivity contribution in [3.63, 3.8) is 0 Å². The fourth-order valence-electron chi connectivity index (χ4n) is 2.07. The van der Waals surface area contributed by atoms with E-state index in [1.165, 1.54) is 18.2 Å². The summed E-state index contributed by atoms with van der Waals surface area (Å²) in [4.78, 5) is 29.8. The molecule has 30 heavy (non-hydrogen) atoms. The first-order valence-electron chi connectivity index (χ1n) is 8.67. The zero-order valence-corrected chi connectivity index (χ0v) is 15.8. The summed E-state index contributed by atoms with van der Waals surface area (Å²) >= 11 is 0. The Morgan fingerprint density at radius 3 is 2.07 bits per heavy atom. The van der Waals surface area contributed by atoms with Crippen LogP contribution in [0.25, 0.3) is 0 Å². The first kappa shape index (κ1) is 24.2. The normalized spacial score (nSPS) is 10.8. The van der Waals surface area contributed by atoms with E-state index in [1.807, 2.05) is 18.2 Å². The van der Waals surface area contributed by atoms with E-state index in [0.29, 0.717) is 24.3 Å². The van der Waals surface area contributed by atoms with Gasteiger partial charge in [0, 0.05) is 25.3 Å². The smallest absolute Gasteiger partial charge is 0.414 e. The number of nitrogens with one attached hydrogen (secondary N) is 3. The minimum absolute atomic E-state index is 0.229. The van der Waals surface area contributed by atoms with Crippen molar-refractivity contribution in [3.05, 3.63) is 54.1 Å². The summed E-state index contributed by atoms with van der Waals surface area (Å²) in [5.74, 6) is -4.15. The van der Waals surface area contributed by atoms with Gasteiger partial charge in [0.1, 0.15) is 0 Å². The van der Waals surface area contributed by atoms with Gasteiger partial charge >= 0.3 is 18.0 Å². The van der Waals surface area contributed by atoms with Gasteiger partial charge < -0.3 is 41.5 Å². The molecule has 0 radical (unpaired) electrons. The van der Waals surface area contributed by atoms with Crippen molar-refractivity contribution in [2.75, 3.05) is 25.0 Å². The van der Waals surface area contributed by atoms with E-state index in [9.17, 15) is 20.1 Å². The van der Waals surface area contributed by atoms with Gasteiger partial charge in [0.15, 0.2) is 11.5 Å². The summed E-state index contributed by atoms with van der Waals surface area (Å²) in [7, 11) is 0. The molecule has 0 aliphatic carbocycles. The standard InChI is InChI=1S/C17H21N3O4.C2H2O4/c21-14-7-6-12(10-15(14)22)16(23)11-18-8-9-19-17(24)20-13-4-2-1-3-5-13;3-1(4)2(5)6/h1-7,10,16,18,21-23H,8-9,11H2,(H2,19,20,24);(H,3,4)(H,5,6). The summed E-state index contributed by atoms with van der Waals surface area (Å²) in [6.07, 6.45) is -0.824. The molecule has 0 aromatic heterocycles. The highest BCUT2D eigenvalue weighted by Gasteiger charge is 2.09. The number of phenols is 2. The van der Waals surface area contributed by atoms with Crippen molar-refractivity contribution < 1.29 is 39.9 Å². The summed E-state index contributed by atoms with van der Waals surface area (Å²) in [5, 5.41) is 51.8. The molecular weight excluding hydrogens is 398 g/mol. The Hall–Kier alpha value is -3.83. The number of aliphatic hydroxyl groups excluding tert-OH is 1. The van der Waals surface area contributed by atoms with Gasteiger partial charge in [-0.2, -0.15) is 0 Å². The van der Waals surface area contributed by atoms with Crippen molar-refractivity contribution in [2.45, 2.75) is 6.10 Å². The molecule has 0 aliphatic rings. The van der Waals surface area contributed by atoms with Gasteiger partial charge in [-0.05, 0) is 29.8 Å². The summed E-state index contributed by atoms with van der Waals surface area (Å²) in [6, 6.07) is 13.0. The number of carboxylic acids is 2. The second-order valence-corrected chi connectivity index (χ2v) is 5.83. The number of aliphatic hydroxyl groups is 1. The van der Waals surface area contributed by atoms with Gasteiger partial charge in [-0.15, -0.1) is 0 Å². The van der Waals surface area contributed by atoms with Gasteiger partial charge in [-0.1, -0.05) is 24.3 Å². The second kappa shape index (κ2) is 12.6. The highest BCUT2D eigenvalue weighted by atomic mass is 16.4. The van der Waals surface area contributed by atoms with Crippen LogP contribution < -0.4 is 16.0 Å². The number of aromatic hydroxyl groups is 2. The Bertz CT molecular complexity index is 833. The van der Waals surface area contributed by atoms with E-state index in [-0.39, 0.29) is 24.1 Å². The minimum atomic E-state index is -1.82. The lowest BCUT2D eigenvalue weighted by atomic mass is 10.1. The van der Waals surface area contributed by atoms with Crippen LogP contribution in [0.1, 0.15) is 11.7 Å². The topological polar surface area (TPSA) is 188 Å². The van der Waals surface area contributed by atoms with Crippen molar-refractivity contribution in [1.29, 1.82) is 0 Å². The van der Waals surface area contributed by atoms with Crippen LogP contribution in [0, 0.1) is 0 Å². The quantitative estimate of drug-likeness (QED) is 0.181. The molecule has 11 nitrogen and oxygen atoms in total. The third-order valence-corrected chi connectivity index (χ3v) is 3.52. The van der Waals surface area contributed by atoms with E-state index in [1.54, 1.807) is 12.1 Å². The van der Waals surface area contributed by atoms with Crippen LogP contribution in [0.4, 0.5) is 10.5 Å². The van der Waals surface area contributed by atoms with Gasteiger partial charge in [-0.3, -0.25) is 0 Å². The van der Waals surface area contributed by atoms with Crippen molar-refractivity contribution >= 4 is 23.7 Å². The number of anilines is 1. The van der Waals surface area contributed by atoms with Crippen molar-refractivity contribution in [2.24, 2.45) is 0 Å². The third-order valence-electron chi connectivity index (χ3n) is 3.52. The fourth-order valence-corrected chi connectivity index (χ4v) is 2.07. The highest BCUT2D eigenvalue weighted by molar-refractivity contribution is 6.27. The van der Waals surface area contributed by atoms with Gasteiger partial charge in [0.05, 0.1) is 6.10 Å². The lowest BCUT2D eigenvalue weighted by Gasteiger charge is -2.13. The SMILES string of the molecule is O=C(NCCNCC(O)c1ccc(O)c(O)c1)Nc1ccccc1.O=C(O)C(=O)O. The number of hydrogen-bond donors (Lipinski definition) is 8. The molecule has 0 spiro atoms. The Morgan fingerprint density at radius 2 is 1.50 bits per heavy atom. The molecule has 1 atom stereocenters. The van der Waals surface area contributed by atoms with E-state index < -0.39 is 18.0 Å². The molecule has 1 unspecified atom stereocenters. The predicted octanol–water partition coefficient (Wildman–Crippen LogP) is 0.698. The fraction of sp³-hybridized carbons (Fsp3) is 0.211. The number of benzene rings is 2. The molecule has 2 aromatic carbocycles. The molecule has 0 heterocycles. The minimum Gasteiger partial charge on any atom is -0.504 e. The molecule has 0 aliphatic heterocycles. The number of aliphatic carboxylic acids is 2. The van der Waals surface area contributed by atoms with Crippen LogP contribution in [0.3, 0.4) is 0 Å². The van der Waals surface area contributed by atoms with E-state index >= 15 is 0 Å². The monoisotopic (exact) mass is 421 g/mol. The van der Waals surface area contributed by atoms with E-state index in [4.69, 9.17) is 19.8 Å².